The van der Waals surface area contributed by atoms with E-state index in [0.717, 1.165) is 21.1 Å². The van der Waals surface area contributed by atoms with E-state index in [1.807, 2.05) is 37.3 Å². The number of allylic oxidation sites excluding steroid dienone is 3. The van der Waals surface area contributed by atoms with Gasteiger partial charge in [-0.2, -0.15) is 36.3 Å². The van der Waals surface area contributed by atoms with Crippen LogP contribution in [0.3, 0.4) is 0 Å². The number of rotatable bonds is 3. The number of fused-ring (bicyclic) bond motifs is 3. The first-order valence-electron chi connectivity index (χ1n) is 8.53. The number of hydrogen-bond donors (Lipinski definition) is 1. The average Bonchev–Trinajstić information content (AvgIpc) is 3.03. The Hall–Kier alpha value is -2.81. The minimum atomic E-state index is -4.55. The van der Waals surface area contributed by atoms with Crippen LogP contribution in [0.2, 0.25) is 0 Å². The molecule has 0 aliphatic heterocycles. The lowest BCUT2D eigenvalue weighted by molar-refractivity contribution is -0.0940. The molecule has 0 saturated heterocycles. The molecule has 1 heterocycles. The fourth-order valence-electron chi connectivity index (χ4n) is 3.29. The smallest absolute Gasteiger partial charge is 0.200 e. The molecule has 1 aromatic heterocycles. The van der Waals surface area contributed by atoms with Crippen molar-refractivity contribution in [3.05, 3.63) is 64.7 Å². The zero-order chi connectivity index (χ0) is 20.1. The number of alkyl halides is 3. The third-order valence-corrected chi connectivity index (χ3v) is 5.98. The molecule has 2 aromatic carbocycles. The minimum absolute atomic E-state index is 0.00362. The third-order valence-electron chi connectivity index (χ3n) is 4.66. The summed E-state index contributed by atoms with van der Waals surface area (Å²) in [6.07, 6.45) is -1.32. The van der Waals surface area contributed by atoms with Gasteiger partial charge in [0.2, 0.25) is 0 Å². The fraction of sp³-hybridized carbons (Fsp3) is 0.211. The monoisotopic (exact) mass is 407 g/mol. The van der Waals surface area contributed by atoms with Crippen molar-refractivity contribution < 1.29 is 21.6 Å². The Bertz CT molecular complexity index is 1250. The molecule has 0 amide bonds. The molecule has 0 atom stereocenters. The highest BCUT2D eigenvalue weighted by Crippen LogP contribution is 2.34. The molecule has 0 bridgehead atoms. The van der Waals surface area contributed by atoms with E-state index in [2.05, 4.69) is 9.93 Å². The van der Waals surface area contributed by atoms with Crippen molar-refractivity contribution in [3.63, 3.8) is 0 Å². The van der Waals surface area contributed by atoms with Crippen LogP contribution in [0.5, 0.6) is 0 Å². The Morgan fingerprint density at radius 3 is 2.64 bits per heavy atom. The predicted octanol–water partition coefficient (Wildman–Crippen LogP) is 4.54. The van der Waals surface area contributed by atoms with Gasteiger partial charge in [-0.25, -0.2) is 0 Å². The number of hydrogen-bond acceptors (Lipinski definition) is 3. The van der Waals surface area contributed by atoms with Gasteiger partial charge < -0.3 is 0 Å². The molecule has 1 aliphatic carbocycles. The first-order valence-corrected chi connectivity index (χ1v) is 10.0. The predicted molar refractivity (Wildman–Crippen MR) is 102 cm³/mol. The van der Waals surface area contributed by atoms with Gasteiger partial charge in [0.1, 0.15) is 5.52 Å². The van der Waals surface area contributed by atoms with Crippen molar-refractivity contribution >= 4 is 31.7 Å². The van der Waals surface area contributed by atoms with Crippen LogP contribution in [-0.4, -0.2) is 24.5 Å². The van der Waals surface area contributed by atoms with Crippen molar-refractivity contribution in [2.75, 3.05) is 4.83 Å². The molecular weight excluding hydrogens is 391 g/mol. The largest absolute Gasteiger partial charge is 0.412 e. The Labute approximate surface area is 159 Å². The molecule has 0 fully saturated rings. The second-order valence-electron chi connectivity index (χ2n) is 6.69. The van der Waals surface area contributed by atoms with Crippen LogP contribution in [-0.2, 0) is 10.0 Å². The Kier molecular flexibility index (Phi) is 4.22. The van der Waals surface area contributed by atoms with Gasteiger partial charge in [0.15, 0.2) is 0 Å². The Morgan fingerprint density at radius 1 is 1.14 bits per heavy atom. The third kappa shape index (κ3) is 3.26. The average molecular weight is 407 g/mol. The fourth-order valence-corrected chi connectivity index (χ4v) is 4.39. The second-order valence-corrected chi connectivity index (χ2v) is 8.35. The summed E-state index contributed by atoms with van der Waals surface area (Å²) in [5.74, 6) is 0. The van der Waals surface area contributed by atoms with E-state index in [1.54, 1.807) is 0 Å². The molecule has 4 rings (SSSR count). The second kappa shape index (κ2) is 6.37. The lowest BCUT2D eigenvalue weighted by Gasteiger charge is -2.17. The molecule has 9 heteroatoms. The van der Waals surface area contributed by atoms with E-state index in [0.29, 0.717) is 17.0 Å². The highest BCUT2D eigenvalue weighted by atomic mass is 32.2. The number of benzene rings is 2. The molecule has 146 valence electrons. The van der Waals surface area contributed by atoms with E-state index < -0.39 is 26.7 Å². The summed E-state index contributed by atoms with van der Waals surface area (Å²) in [7, 11) is -4.23. The van der Waals surface area contributed by atoms with Crippen molar-refractivity contribution in [1.29, 1.82) is 0 Å². The van der Waals surface area contributed by atoms with Crippen molar-refractivity contribution in [2.45, 2.75) is 25.9 Å². The van der Waals surface area contributed by atoms with Crippen LogP contribution < -0.4 is 4.83 Å². The number of aromatic nitrogens is 2. The zero-order valence-corrected chi connectivity index (χ0v) is 15.6. The molecule has 1 aliphatic rings. The summed E-state index contributed by atoms with van der Waals surface area (Å²) >= 11 is 0. The topological polar surface area (TPSA) is 64.0 Å². The molecule has 0 radical (unpaired) electrons. The first-order chi connectivity index (χ1) is 13.1. The molecule has 3 aromatic rings. The summed E-state index contributed by atoms with van der Waals surface area (Å²) in [6.45, 7) is 1.95. The maximum atomic E-state index is 13.0. The summed E-state index contributed by atoms with van der Waals surface area (Å²) in [4.78, 5) is 2.97. The van der Waals surface area contributed by atoms with Gasteiger partial charge in [-0.3, -0.25) is 0 Å². The van der Waals surface area contributed by atoms with Crippen molar-refractivity contribution in [1.82, 2.24) is 9.89 Å². The number of sulfonamides is 1. The van der Waals surface area contributed by atoms with E-state index in [9.17, 15) is 21.6 Å². The normalized spacial score (nSPS) is 15.6. The van der Waals surface area contributed by atoms with Gasteiger partial charge in [0.25, 0.3) is 10.0 Å². The zero-order valence-electron chi connectivity index (χ0n) is 14.8. The Balaban J connectivity index is 1.78. The molecule has 0 unspecified atom stereocenters. The van der Waals surface area contributed by atoms with Crippen LogP contribution in [0.4, 0.5) is 13.2 Å². The standard InChI is InChI=1S/C19H16F3N3O2S/c1-12-5-8-17-13(9-12)6-7-14-11-23-25(18(14)17)24-28(26,27)16-4-2-3-15(10-16)19(20,21)22/h4-11,24H,2-3H2,1H3. The van der Waals surface area contributed by atoms with Gasteiger partial charge in [0.05, 0.1) is 11.1 Å². The van der Waals surface area contributed by atoms with Gasteiger partial charge in [-0.05, 0) is 31.2 Å². The lowest BCUT2D eigenvalue weighted by atomic mass is 10.1. The van der Waals surface area contributed by atoms with E-state index in [1.165, 1.54) is 12.3 Å². The molecule has 1 N–H and O–H groups in total. The summed E-state index contributed by atoms with van der Waals surface area (Å²) < 4.78 is 64.3. The maximum absolute atomic E-state index is 13.0. The van der Waals surface area contributed by atoms with Crippen LogP contribution in [0.15, 0.2) is 59.2 Å². The summed E-state index contributed by atoms with van der Waals surface area (Å²) in [5, 5.41) is 6.47. The number of nitrogens with one attached hydrogen (secondary N) is 1. The van der Waals surface area contributed by atoms with Crippen molar-refractivity contribution in [2.24, 2.45) is 0 Å². The van der Waals surface area contributed by atoms with E-state index in [-0.39, 0.29) is 12.8 Å². The molecule has 5 nitrogen and oxygen atoms in total. The van der Waals surface area contributed by atoms with Crippen molar-refractivity contribution in [3.8, 4) is 0 Å². The summed E-state index contributed by atoms with van der Waals surface area (Å²) in [6, 6.07) is 9.45. The molecule has 28 heavy (non-hydrogen) atoms. The van der Waals surface area contributed by atoms with Gasteiger partial charge >= 0.3 is 6.18 Å². The van der Waals surface area contributed by atoms with Crippen LogP contribution in [0, 0.1) is 6.92 Å². The minimum Gasteiger partial charge on any atom is -0.200 e. The highest BCUT2D eigenvalue weighted by Gasteiger charge is 2.35. The lowest BCUT2D eigenvalue weighted by Crippen LogP contribution is -2.26. The van der Waals surface area contributed by atoms with Crippen LogP contribution in [0.1, 0.15) is 18.4 Å². The maximum Gasteiger partial charge on any atom is 0.412 e. The molecule has 0 spiro atoms. The van der Waals surface area contributed by atoms with E-state index >= 15 is 0 Å². The van der Waals surface area contributed by atoms with Gasteiger partial charge in [-0.15, -0.1) is 0 Å². The van der Waals surface area contributed by atoms with E-state index in [4.69, 9.17) is 0 Å². The number of aryl methyl sites for hydroxylation is 1. The SMILES string of the molecule is Cc1ccc2c(ccc3cnn(NS(=O)(=O)C4=CCCC(C(F)(F)F)=C4)c32)c1. The summed E-state index contributed by atoms with van der Waals surface area (Å²) in [5.41, 5.74) is 0.731. The number of halogens is 3. The molecular formula is C19H16F3N3O2S. The number of nitrogens with zero attached hydrogens (tertiary/aromatic N) is 2. The van der Waals surface area contributed by atoms with Gasteiger partial charge in [-0.1, -0.05) is 42.0 Å². The molecule has 0 saturated carbocycles. The highest BCUT2D eigenvalue weighted by molar-refractivity contribution is 7.96. The van der Waals surface area contributed by atoms with Gasteiger partial charge in [0, 0.05) is 16.3 Å². The quantitative estimate of drug-likeness (QED) is 0.693. The first kappa shape index (κ1) is 18.5. The van der Waals surface area contributed by atoms with Crippen LogP contribution >= 0.6 is 0 Å². The van der Waals surface area contributed by atoms with Crippen LogP contribution in [0.25, 0.3) is 21.7 Å². The Morgan fingerprint density at radius 2 is 1.89 bits per heavy atom.